The highest BCUT2D eigenvalue weighted by Crippen LogP contribution is 2.38. The average molecular weight is 207 g/mol. The van der Waals surface area contributed by atoms with E-state index in [0.29, 0.717) is 18.4 Å². The molecule has 1 aliphatic carbocycles. The van der Waals surface area contributed by atoms with Crippen molar-refractivity contribution in [3.8, 4) is 0 Å². The van der Waals surface area contributed by atoms with Crippen molar-refractivity contribution in [2.45, 2.75) is 19.3 Å². The van der Waals surface area contributed by atoms with Gasteiger partial charge in [-0.25, -0.2) is 4.79 Å². The van der Waals surface area contributed by atoms with Crippen molar-refractivity contribution >= 4 is 5.97 Å². The number of rotatable bonds is 5. The summed E-state index contributed by atoms with van der Waals surface area (Å²) < 4.78 is 25.4. The molecule has 1 fully saturated rings. The predicted molar refractivity (Wildman–Crippen MR) is 47.4 cm³/mol. The molecule has 0 aromatic heterocycles. The highest BCUT2D eigenvalue weighted by atomic mass is 19.3. The molecule has 2 unspecified atom stereocenters. The second-order valence-corrected chi connectivity index (χ2v) is 4.18. The Labute approximate surface area is 81.7 Å². The SMILES string of the molecule is CC1CC1CN(C)CC(F)(F)C(=O)O. The van der Waals surface area contributed by atoms with Crippen LogP contribution in [0.25, 0.3) is 0 Å². The maximum atomic E-state index is 12.7. The number of aliphatic carboxylic acids is 1. The summed E-state index contributed by atoms with van der Waals surface area (Å²) in [6.07, 6.45) is 1.06. The Kier molecular flexibility index (Phi) is 3.09. The van der Waals surface area contributed by atoms with E-state index in [9.17, 15) is 13.6 Å². The average Bonchev–Trinajstić information content (AvgIpc) is 2.64. The van der Waals surface area contributed by atoms with Gasteiger partial charge in [0.15, 0.2) is 0 Å². The van der Waals surface area contributed by atoms with E-state index in [2.05, 4.69) is 6.92 Å². The Morgan fingerprint density at radius 2 is 2.14 bits per heavy atom. The van der Waals surface area contributed by atoms with Gasteiger partial charge in [-0.2, -0.15) is 8.78 Å². The first-order valence-electron chi connectivity index (χ1n) is 4.62. The number of carbonyl (C=O) groups is 1. The van der Waals surface area contributed by atoms with Gasteiger partial charge in [-0.15, -0.1) is 0 Å². The lowest BCUT2D eigenvalue weighted by molar-refractivity contribution is -0.167. The second kappa shape index (κ2) is 3.81. The van der Waals surface area contributed by atoms with E-state index in [4.69, 9.17) is 5.11 Å². The summed E-state index contributed by atoms with van der Waals surface area (Å²) >= 11 is 0. The van der Waals surface area contributed by atoms with Crippen LogP contribution in [-0.4, -0.2) is 42.0 Å². The lowest BCUT2D eigenvalue weighted by Gasteiger charge is -2.20. The third kappa shape index (κ3) is 2.90. The number of nitrogens with zero attached hydrogens (tertiary/aromatic N) is 1. The molecule has 14 heavy (non-hydrogen) atoms. The first-order valence-corrected chi connectivity index (χ1v) is 4.62. The maximum Gasteiger partial charge on any atom is 0.375 e. The third-order valence-corrected chi connectivity index (χ3v) is 2.60. The van der Waals surface area contributed by atoms with Crippen molar-refractivity contribution in [1.82, 2.24) is 4.90 Å². The molecule has 1 aliphatic rings. The Morgan fingerprint density at radius 1 is 1.64 bits per heavy atom. The summed E-state index contributed by atoms with van der Waals surface area (Å²) in [6.45, 7) is 1.92. The van der Waals surface area contributed by atoms with Crippen molar-refractivity contribution in [2.75, 3.05) is 20.1 Å². The van der Waals surface area contributed by atoms with Gasteiger partial charge in [-0.3, -0.25) is 4.90 Å². The molecule has 3 nitrogen and oxygen atoms in total. The van der Waals surface area contributed by atoms with Crippen LogP contribution in [0.5, 0.6) is 0 Å². The monoisotopic (exact) mass is 207 g/mol. The number of hydrogen-bond acceptors (Lipinski definition) is 2. The van der Waals surface area contributed by atoms with Gasteiger partial charge in [0.1, 0.15) is 0 Å². The van der Waals surface area contributed by atoms with E-state index in [1.54, 1.807) is 0 Å². The molecule has 1 N–H and O–H groups in total. The molecule has 1 rings (SSSR count). The number of halogens is 2. The summed E-state index contributed by atoms with van der Waals surface area (Å²) in [4.78, 5) is 11.5. The molecular weight excluding hydrogens is 192 g/mol. The normalized spacial score (nSPS) is 26.6. The maximum absolute atomic E-state index is 12.7. The van der Waals surface area contributed by atoms with Crippen LogP contribution in [0, 0.1) is 11.8 Å². The molecule has 0 aromatic carbocycles. The minimum Gasteiger partial charge on any atom is -0.477 e. The van der Waals surface area contributed by atoms with Crippen LogP contribution in [0.15, 0.2) is 0 Å². The fourth-order valence-electron chi connectivity index (χ4n) is 1.52. The van der Waals surface area contributed by atoms with E-state index in [1.165, 1.54) is 11.9 Å². The zero-order chi connectivity index (χ0) is 10.9. The molecule has 5 heteroatoms. The van der Waals surface area contributed by atoms with Gasteiger partial charge in [0.25, 0.3) is 0 Å². The Balaban J connectivity index is 2.32. The zero-order valence-electron chi connectivity index (χ0n) is 8.33. The minimum atomic E-state index is -3.63. The van der Waals surface area contributed by atoms with Crippen LogP contribution in [0.2, 0.25) is 0 Å². The Morgan fingerprint density at radius 3 is 2.50 bits per heavy atom. The van der Waals surface area contributed by atoms with Crippen molar-refractivity contribution in [3.05, 3.63) is 0 Å². The standard InChI is InChI=1S/C9H15F2NO2/c1-6-3-7(6)4-12(2)5-9(10,11)8(13)14/h6-7H,3-5H2,1-2H3,(H,13,14). The molecule has 0 amide bonds. The molecule has 0 aliphatic heterocycles. The van der Waals surface area contributed by atoms with Crippen molar-refractivity contribution in [2.24, 2.45) is 11.8 Å². The van der Waals surface area contributed by atoms with Gasteiger partial charge in [0.2, 0.25) is 0 Å². The second-order valence-electron chi connectivity index (χ2n) is 4.18. The fourth-order valence-corrected chi connectivity index (χ4v) is 1.52. The number of carboxylic acid groups (broad SMARTS) is 1. The first-order chi connectivity index (χ1) is 6.33. The minimum absolute atomic E-state index is 0.463. The smallest absolute Gasteiger partial charge is 0.375 e. The highest BCUT2D eigenvalue weighted by molar-refractivity contribution is 5.75. The summed E-state index contributed by atoms with van der Waals surface area (Å²) in [5.41, 5.74) is 0. The van der Waals surface area contributed by atoms with Crippen molar-refractivity contribution < 1.29 is 18.7 Å². The molecule has 0 saturated heterocycles. The van der Waals surface area contributed by atoms with E-state index in [0.717, 1.165) is 6.42 Å². The van der Waals surface area contributed by atoms with Gasteiger partial charge in [-0.05, 0) is 25.3 Å². The topological polar surface area (TPSA) is 40.5 Å². The molecule has 2 atom stereocenters. The summed E-state index contributed by atoms with van der Waals surface area (Å²) in [7, 11) is 1.53. The molecule has 0 spiro atoms. The first kappa shape index (κ1) is 11.4. The van der Waals surface area contributed by atoms with Crippen molar-refractivity contribution in [1.29, 1.82) is 0 Å². The molecular formula is C9H15F2NO2. The van der Waals surface area contributed by atoms with E-state index in [1.807, 2.05) is 0 Å². The fraction of sp³-hybridized carbons (Fsp3) is 0.889. The molecule has 0 radical (unpaired) electrons. The summed E-state index contributed by atoms with van der Waals surface area (Å²) in [6, 6.07) is 0. The van der Waals surface area contributed by atoms with Crippen LogP contribution in [-0.2, 0) is 4.79 Å². The molecule has 1 saturated carbocycles. The van der Waals surface area contributed by atoms with E-state index < -0.39 is 18.4 Å². The molecule has 0 heterocycles. The predicted octanol–water partition coefficient (Wildman–Crippen LogP) is 1.29. The van der Waals surface area contributed by atoms with E-state index in [-0.39, 0.29) is 0 Å². The lowest BCUT2D eigenvalue weighted by Crippen LogP contribution is -2.41. The van der Waals surface area contributed by atoms with Crippen LogP contribution in [0.3, 0.4) is 0 Å². The largest absolute Gasteiger partial charge is 0.477 e. The Hall–Kier alpha value is -0.710. The van der Waals surface area contributed by atoms with Gasteiger partial charge >= 0.3 is 11.9 Å². The van der Waals surface area contributed by atoms with Crippen LogP contribution in [0.4, 0.5) is 8.78 Å². The van der Waals surface area contributed by atoms with Crippen molar-refractivity contribution in [3.63, 3.8) is 0 Å². The van der Waals surface area contributed by atoms with Gasteiger partial charge in [-0.1, -0.05) is 6.92 Å². The zero-order valence-corrected chi connectivity index (χ0v) is 8.33. The van der Waals surface area contributed by atoms with Crippen LogP contribution < -0.4 is 0 Å². The molecule has 0 aromatic rings. The molecule has 82 valence electrons. The lowest BCUT2D eigenvalue weighted by atomic mass is 10.3. The summed E-state index contributed by atoms with van der Waals surface area (Å²) in [5, 5.41) is 8.22. The molecule has 0 bridgehead atoms. The van der Waals surface area contributed by atoms with Gasteiger partial charge in [0.05, 0.1) is 6.54 Å². The van der Waals surface area contributed by atoms with Gasteiger partial charge < -0.3 is 5.11 Å². The van der Waals surface area contributed by atoms with Crippen LogP contribution >= 0.6 is 0 Å². The summed E-state index contributed by atoms with van der Waals surface area (Å²) in [5.74, 6) is -4.62. The Bertz CT molecular complexity index is 233. The number of alkyl halides is 2. The quantitative estimate of drug-likeness (QED) is 0.738. The number of hydrogen-bond donors (Lipinski definition) is 1. The number of carboxylic acids is 1. The van der Waals surface area contributed by atoms with Crippen LogP contribution in [0.1, 0.15) is 13.3 Å². The van der Waals surface area contributed by atoms with E-state index >= 15 is 0 Å². The third-order valence-electron chi connectivity index (χ3n) is 2.60. The highest BCUT2D eigenvalue weighted by Gasteiger charge is 2.41. The van der Waals surface area contributed by atoms with Gasteiger partial charge in [0, 0.05) is 6.54 Å².